The lowest BCUT2D eigenvalue weighted by Crippen LogP contribution is -2.21. The smallest absolute Gasteiger partial charge is 0.0637 e. The molecule has 1 heterocycles. The van der Waals surface area contributed by atoms with E-state index >= 15 is 0 Å². The van der Waals surface area contributed by atoms with Crippen molar-refractivity contribution in [2.45, 2.75) is 38.6 Å². The maximum Gasteiger partial charge on any atom is 0.0637 e. The Bertz CT molecular complexity index is 586. The summed E-state index contributed by atoms with van der Waals surface area (Å²) in [6, 6.07) is 9.48. The van der Waals surface area contributed by atoms with Crippen molar-refractivity contribution in [2.75, 3.05) is 6.54 Å². The maximum absolute atomic E-state index is 4.40. The lowest BCUT2D eigenvalue weighted by Gasteiger charge is -2.15. The molecule has 0 radical (unpaired) electrons. The average molecular weight is 269 g/mol. The number of rotatable bonds is 5. The zero-order chi connectivity index (χ0) is 13.9. The van der Waals surface area contributed by atoms with Crippen LogP contribution in [0.25, 0.3) is 0 Å². The number of benzene rings is 1. The first-order chi connectivity index (χ1) is 9.72. The third kappa shape index (κ3) is 2.93. The molecule has 3 heteroatoms. The van der Waals surface area contributed by atoms with Crippen molar-refractivity contribution in [1.82, 2.24) is 15.1 Å². The van der Waals surface area contributed by atoms with E-state index in [2.05, 4.69) is 41.6 Å². The lowest BCUT2D eigenvalue weighted by molar-refractivity contribution is 0.570. The topological polar surface area (TPSA) is 29.9 Å². The number of aryl methyl sites for hydroxylation is 3. The van der Waals surface area contributed by atoms with Crippen LogP contribution in [0, 0.1) is 0 Å². The van der Waals surface area contributed by atoms with E-state index < -0.39 is 0 Å². The number of aromatic nitrogens is 2. The van der Waals surface area contributed by atoms with Crippen molar-refractivity contribution in [1.29, 1.82) is 0 Å². The predicted molar refractivity (Wildman–Crippen MR) is 81.8 cm³/mol. The molecule has 1 unspecified atom stereocenters. The summed E-state index contributed by atoms with van der Waals surface area (Å²) in [6.45, 7) is 3.21. The number of nitrogens with one attached hydrogen (secondary N) is 1. The second-order valence-corrected chi connectivity index (χ2v) is 5.79. The highest BCUT2D eigenvalue weighted by Crippen LogP contribution is 2.25. The van der Waals surface area contributed by atoms with Crippen LogP contribution in [0.4, 0.5) is 0 Å². The van der Waals surface area contributed by atoms with E-state index in [-0.39, 0.29) is 0 Å². The molecule has 1 atom stereocenters. The van der Waals surface area contributed by atoms with Gasteiger partial charge in [0.05, 0.1) is 5.69 Å². The van der Waals surface area contributed by atoms with Crippen molar-refractivity contribution in [3.05, 3.63) is 52.8 Å². The van der Waals surface area contributed by atoms with E-state index in [9.17, 15) is 0 Å². The van der Waals surface area contributed by atoms with Gasteiger partial charge in [0.2, 0.25) is 0 Å². The van der Waals surface area contributed by atoms with Crippen LogP contribution in [0.5, 0.6) is 0 Å². The van der Waals surface area contributed by atoms with Crippen LogP contribution in [0.2, 0.25) is 0 Å². The van der Waals surface area contributed by atoms with Gasteiger partial charge in [-0.2, -0.15) is 5.10 Å². The van der Waals surface area contributed by atoms with Gasteiger partial charge in [0.15, 0.2) is 0 Å². The monoisotopic (exact) mass is 269 g/mol. The van der Waals surface area contributed by atoms with Gasteiger partial charge < -0.3 is 5.32 Å². The average Bonchev–Trinajstić information content (AvgIpc) is 3.06. The molecule has 1 aliphatic carbocycles. The molecule has 0 amide bonds. The molecule has 0 spiro atoms. The van der Waals surface area contributed by atoms with Gasteiger partial charge in [-0.15, -0.1) is 0 Å². The van der Waals surface area contributed by atoms with Gasteiger partial charge in [0, 0.05) is 32.3 Å². The summed E-state index contributed by atoms with van der Waals surface area (Å²) >= 11 is 0. The highest BCUT2D eigenvalue weighted by atomic mass is 15.2. The SMILES string of the molecule is CC(NCCc1ccn(C)n1)c1ccc2c(c1)CCC2. The normalized spacial score (nSPS) is 15.3. The van der Waals surface area contributed by atoms with Gasteiger partial charge in [-0.05, 0) is 48.9 Å². The first-order valence-corrected chi connectivity index (χ1v) is 7.56. The molecule has 0 saturated heterocycles. The summed E-state index contributed by atoms with van der Waals surface area (Å²) in [6.07, 6.45) is 6.82. The molecule has 0 fully saturated rings. The number of hydrogen-bond acceptors (Lipinski definition) is 2. The number of nitrogens with zero attached hydrogens (tertiary/aromatic N) is 2. The van der Waals surface area contributed by atoms with Crippen LogP contribution in [0.15, 0.2) is 30.5 Å². The Balaban J connectivity index is 1.55. The van der Waals surface area contributed by atoms with E-state index in [0.29, 0.717) is 6.04 Å². The van der Waals surface area contributed by atoms with Gasteiger partial charge >= 0.3 is 0 Å². The Labute approximate surface area is 121 Å². The molecule has 2 aromatic rings. The minimum absolute atomic E-state index is 0.407. The summed E-state index contributed by atoms with van der Waals surface area (Å²) in [5, 5.41) is 8.00. The first-order valence-electron chi connectivity index (χ1n) is 7.56. The van der Waals surface area contributed by atoms with Crippen LogP contribution in [0.3, 0.4) is 0 Å². The predicted octanol–water partition coefficient (Wildman–Crippen LogP) is 2.80. The highest BCUT2D eigenvalue weighted by Gasteiger charge is 2.13. The largest absolute Gasteiger partial charge is 0.310 e. The van der Waals surface area contributed by atoms with E-state index in [4.69, 9.17) is 0 Å². The second kappa shape index (κ2) is 5.80. The molecule has 106 valence electrons. The fourth-order valence-corrected chi connectivity index (χ4v) is 2.99. The molecule has 1 aliphatic rings. The molecule has 1 aromatic heterocycles. The quantitative estimate of drug-likeness (QED) is 0.904. The second-order valence-electron chi connectivity index (χ2n) is 5.79. The van der Waals surface area contributed by atoms with Gasteiger partial charge in [-0.1, -0.05) is 18.2 Å². The van der Waals surface area contributed by atoms with Gasteiger partial charge in [-0.3, -0.25) is 4.68 Å². The molecular formula is C17H23N3. The van der Waals surface area contributed by atoms with Crippen LogP contribution in [-0.2, 0) is 26.3 Å². The van der Waals surface area contributed by atoms with Crippen molar-refractivity contribution >= 4 is 0 Å². The number of fused-ring (bicyclic) bond motifs is 1. The summed E-state index contributed by atoms with van der Waals surface area (Å²) in [5.41, 5.74) is 5.67. The molecule has 3 rings (SSSR count). The molecule has 20 heavy (non-hydrogen) atoms. The zero-order valence-corrected chi connectivity index (χ0v) is 12.4. The highest BCUT2D eigenvalue weighted by molar-refractivity contribution is 5.36. The van der Waals surface area contributed by atoms with E-state index in [1.54, 1.807) is 11.1 Å². The third-order valence-electron chi connectivity index (χ3n) is 4.22. The fourth-order valence-electron chi connectivity index (χ4n) is 2.99. The van der Waals surface area contributed by atoms with Crippen LogP contribution in [0.1, 0.15) is 41.8 Å². The van der Waals surface area contributed by atoms with Gasteiger partial charge in [-0.25, -0.2) is 0 Å². The Kier molecular flexibility index (Phi) is 3.88. The summed E-state index contributed by atoms with van der Waals surface area (Å²) in [4.78, 5) is 0. The Morgan fingerprint density at radius 1 is 1.25 bits per heavy atom. The van der Waals surface area contributed by atoms with Crippen molar-refractivity contribution in [3.63, 3.8) is 0 Å². The van der Waals surface area contributed by atoms with Crippen molar-refractivity contribution in [3.8, 4) is 0 Å². The lowest BCUT2D eigenvalue weighted by atomic mass is 10.0. The van der Waals surface area contributed by atoms with E-state index in [1.165, 1.54) is 24.8 Å². The van der Waals surface area contributed by atoms with Crippen LogP contribution < -0.4 is 5.32 Å². The van der Waals surface area contributed by atoms with Gasteiger partial charge in [0.1, 0.15) is 0 Å². The van der Waals surface area contributed by atoms with Crippen LogP contribution in [-0.4, -0.2) is 16.3 Å². The zero-order valence-electron chi connectivity index (χ0n) is 12.4. The van der Waals surface area contributed by atoms with E-state index in [0.717, 1.165) is 18.7 Å². The molecule has 3 nitrogen and oxygen atoms in total. The minimum atomic E-state index is 0.407. The van der Waals surface area contributed by atoms with E-state index in [1.807, 2.05) is 17.9 Å². The number of hydrogen-bond donors (Lipinski definition) is 1. The molecule has 1 N–H and O–H groups in total. The Morgan fingerprint density at radius 3 is 2.90 bits per heavy atom. The van der Waals surface area contributed by atoms with Crippen LogP contribution >= 0.6 is 0 Å². The summed E-state index contributed by atoms with van der Waals surface area (Å²) in [5.74, 6) is 0. The third-order valence-corrected chi connectivity index (χ3v) is 4.22. The molecule has 0 aliphatic heterocycles. The van der Waals surface area contributed by atoms with Crippen molar-refractivity contribution in [2.24, 2.45) is 7.05 Å². The van der Waals surface area contributed by atoms with Gasteiger partial charge in [0.25, 0.3) is 0 Å². The maximum atomic E-state index is 4.40. The molecule has 1 aromatic carbocycles. The van der Waals surface area contributed by atoms with Crippen molar-refractivity contribution < 1.29 is 0 Å². The molecule has 0 saturated carbocycles. The minimum Gasteiger partial charge on any atom is -0.310 e. The first kappa shape index (κ1) is 13.4. The summed E-state index contributed by atoms with van der Waals surface area (Å²) < 4.78 is 1.86. The summed E-state index contributed by atoms with van der Waals surface area (Å²) in [7, 11) is 1.96. The Morgan fingerprint density at radius 2 is 2.10 bits per heavy atom. The standard InChI is InChI=1S/C17H23N3/c1-13(18-10-8-17-9-11-20(2)19-17)15-7-6-14-4-3-5-16(14)12-15/h6-7,9,11-13,18H,3-5,8,10H2,1-2H3. The Hall–Kier alpha value is -1.61. The fraction of sp³-hybridized carbons (Fsp3) is 0.471. The molecular weight excluding hydrogens is 246 g/mol. The molecule has 0 bridgehead atoms.